The molecule has 0 N–H and O–H groups in total. The Morgan fingerprint density at radius 2 is 1.70 bits per heavy atom. The first-order valence-corrected chi connectivity index (χ1v) is 7.60. The van der Waals surface area contributed by atoms with E-state index in [4.69, 9.17) is 0 Å². The van der Waals surface area contributed by atoms with E-state index in [9.17, 15) is 4.79 Å². The van der Waals surface area contributed by atoms with Crippen LogP contribution in [-0.2, 0) is 0 Å². The maximum Gasteiger partial charge on any atom is 0.200 e. The maximum absolute atomic E-state index is 12.3. The van der Waals surface area contributed by atoms with Gasteiger partial charge < -0.3 is 0 Å². The highest BCUT2D eigenvalue weighted by atomic mass is 32.2. The van der Waals surface area contributed by atoms with Gasteiger partial charge in [-0.2, -0.15) is 0 Å². The van der Waals surface area contributed by atoms with Crippen LogP contribution in [0.1, 0.15) is 41.3 Å². The van der Waals surface area contributed by atoms with Gasteiger partial charge in [-0.15, -0.1) is 0 Å². The van der Waals surface area contributed by atoms with Crippen molar-refractivity contribution in [1.82, 2.24) is 0 Å². The van der Waals surface area contributed by atoms with Crippen molar-refractivity contribution >= 4 is 23.6 Å². The third kappa shape index (κ3) is 2.44. The summed E-state index contributed by atoms with van der Waals surface area (Å²) in [5, 5.41) is 0. The largest absolute Gasteiger partial charge is 0.288 e. The summed E-state index contributed by atoms with van der Waals surface area (Å²) in [5.74, 6) is 0.669. The Balaban J connectivity index is 1.89. The van der Waals surface area contributed by atoms with Gasteiger partial charge in [0.1, 0.15) is 0 Å². The highest BCUT2D eigenvalue weighted by Crippen LogP contribution is 2.40. The van der Waals surface area contributed by atoms with Crippen molar-refractivity contribution in [3.8, 4) is 0 Å². The van der Waals surface area contributed by atoms with Gasteiger partial charge in [-0.05, 0) is 35.3 Å². The number of rotatable bonds is 2. The van der Waals surface area contributed by atoms with E-state index in [0.29, 0.717) is 5.92 Å². The first-order valence-electron chi connectivity index (χ1n) is 6.78. The third-order valence-electron chi connectivity index (χ3n) is 3.48. The minimum atomic E-state index is 0.138. The summed E-state index contributed by atoms with van der Waals surface area (Å²) >= 11 is 1.56. The Morgan fingerprint density at radius 1 is 1.00 bits per heavy atom. The van der Waals surface area contributed by atoms with E-state index >= 15 is 0 Å². The van der Waals surface area contributed by atoms with Crippen molar-refractivity contribution in [2.24, 2.45) is 0 Å². The SMILES string of the molecule is CC(C)c1ccc(/C=C2\Sc3ccccc3C2=O)cc1. The van der Waals surface area contributed by atoms with Crippen LogP contribution in [0.5, 0.6) is 0 Å². The van der Waals surface area contributed by atoms with Crippen LogP contribution in [0, 0.1) is 0 Å². The Morgan fingerprint density at radius 3 is 2.35 bits per heavy atom. The fraction of sp³-hybridized carbons (Fsp3) is 0.167. The van der Waals surface area contributed by atoms with Crippen LogP contribution >= 0.6 is 11.8 Å². The molecular weight excluding hydrogens is 264 g/mol. The predicted octanol–water partition coefficient (Wildman–Crippen LogP) is 5.14. The summed E-state index contributed by atoms with van der Waals surface area (Å²) in [7, 11) is 0. The highest BCUT2D eigenvalue weighted by Gasteiger charge is 2.24. The summed E-state index contributed by atoms with van der Waals surface area (Å²) in [4.78, 5) is 14.2. The van der Waals surface area contributed by atoms with Crippen molar-refractivity contribution < 1.29 is 4.79 Å². The number of carbonyl (C=O) groups is 1. The first kappa shape index (κ1) is 13.2. The standard InChI is InChI=1S/C18H16OS/c1-12(2)14-9-7-13(8-10-14)11-17-18(19)15-5-3-4-6-16(15)20-17/h3-12H,1-2H3/b17-11-. The van der Waals surface area contributed by atoms with E-state index < -0.39 is 0 Å². The number of fused-ring (bicyclic) bond motifs is 1. The van der Waals surface area contributed by atoms with E-state index in [1.165, 1.54) is 5.56 Å². The molecule has 2 heteroatoms. The maximum atomic E-state index is 12.3. The lowest BCUT2D eigenvalue weighted by molar-refractivity contribution is 0.104. The average Bonchev–Trinajstić information content (AvgIpc) is 2.77. The summed E-state index contributed by atoms with van der Waals surface area (Å²) in [6.45, 7) is 4.36. The zero-order chi connectivity index (χ0) is 14.1. The van der Waals surface area contributed by atoms with Gasteiger partial charge in [0.15, 0.2) is 0 Å². The van der Waals surface area contributed by atoms with Gasteiger partial charge in [0, 0.05) is 10.5 Å². The van der Waals surface area contributed by atoms with Crippen LogP contribution in [0.3, 0.4) is 0 Å². The molecule has 2 aromatic carbocycles. The number of allylic oxidation sites excluding steroid dienone is 1. The Bertz CT molecular complexity index is 681. The molecular formula is C18H16OS. The molecule has 0 radical (unpaired) electrons. The molecule has 0 aromatic heterocycles. The van der Waals surface area contributed by atoms with Gasteiger partial charge in [-0.3, -0.25) is 4.79 Å². The second kappa shape index (κ2) is 5.29. The van der Waals surface area contributed by atoms with Gasteiger partial charge in [-0.1, -0.05) is 62.0 Å². The monoisotopic (exact) mass is 280 g/mol. The van der Waals surface area contributed by atoms with E-state index in [0.717, 1.165) is 20.9 Å². The van der Waals surface area contributed by atoms with Gasteiger partial charge in [0.25, 0.3) is 0 Å². The molecule has 3 rings (SSSR count). The smallest absolute Gasteiger partial charge is 0.200 e. The van der Waals surface area contributed by atoms with Crippen molar-refractivity contribution in [1.29, 1.82) is 0 Å². The van der Waals surface area contributed by atoms with Gasteiger partial charge in [0.2, 0.25) is 5.78 Å². The van der Waals surface area contributed by atoms with Crippen LogP contribution in [0.2, 0.25) is 0 Å². The minimum absolute atomic E-state index is 0.138. The second-order valence-electron chi connectivity index (χ2n) is 5.26. The molecule has 0 bridgehead atoms. The number of thioether (sulfide) groups is 1. The Hall–Kier alpha value is -1.80. The van der Waals surface area contributed by atoms with Crippen LogP contribution < -0.4 is 0 Å². The number of hydrogen-bond acceptors (Lipinski definition) is 2. The number of hydrogen-bond donors (Lipinski definition) is 0. The molecule has 0 aliphatic carbocycles. The molecule has 1 nitrogen and oxygen atoms in total. The summed E-state index contributed by atoms with van der Waals surface area (Å²) in [5.41, 5.74) is 3.22. The molecule has 0 fully saturated rings. The molecule has 0 saturated carbocycles. The molecule has 0 amide bonds. The lowest BCUT2D eigenvalue weighted by Crippen LogP contribution is -1.93. The molecule has 20 heavy (non-hydrogen) atoms. The molecule has 1 heterocycles. The van der Waals surface area contributed by atoms with Gasteiger partial charge in [-0.25, -0.2) is 0 Å². The number of ketones is 1. The number of carbonyl (C=O) groups excluding carboxylic acids is 1. The quantitative estimate of drug-likeness (QED) is 0.708. The van der Waals surface area contributed by atoms with Crippen molar-refractivity contribution in [3.63, 3.8) is 0 Å². The van der Waals surface area contributed by atoms with Crippen molar-refractivity contribution in [2.45, 2.75) is 24.7 Å². The molecule has 0 spiro atoms. The third-order valence-corrected chi connectivity index (χ3v) is 4.58. The molecule has 1 aliphatic heterocycles. The number of Topliss-reactive ketones (excluding diaryl/α,β-unsaturated/α-hetero) is 1. The predicted molar refractivity (Wildman–Crippen MR) is 85.1 cm³/mol. The molecule has 0 saturated heterocycles. The lowest BCUT2D eigenvalue weighted by atomic mass is 10.0. The zero-order valence-corrected chi connectivity index (χ0v) is 12.4. The van der Waals surface area contributed by atoms with Crippen LogP contribution in [0.25, 0.3) is 6.08 Å². The second-order valence-corrected chi connectivity index (χ2v) is 6.34. The summed E-state index contributed by atoms with van der Waals surface area (Å²) in [6.07, 6.45) is 1.98. The van der Waals surface area contributed by atoms with Crippen molar-refractivity contribution in [3.05, 3.63) is 70.1 Å². The fourth-order valence-corrected chi connectivity index (χ4v) is 3.32. The zero-order valence-electron chi connectivity index (χ0n) is 11.6. The van der Waals surface area contributed by atoms with Crippen molar-refractivity contribution in [2.75, 3.05) is 0 Å². The molecule has 100 valence electrons. The Labute approximate surface area is 123 Å². The van der Waals surface area contributed by atoms with E-state index in [-0.39, 0.29) is 5.78 Å². The lowest BCUT2D eigenvalue weighted by Gasteiger charge is -2.05. The average molecular weight is 280 g/mol. The first-order chi connectivity index (χ1) is 9.65. The molecule has 2 aromatic rings. The normalized spacial score (nSPS) is 15.9. The van der Waals surface area contributed by atoms with Gasteiger partial charge >= 0.3 is 0 Å². The Kier molecular flexibility index (Phi) is 3.49. The van der Waals surface area contributed by atoms with E-state index in [1.54, 1.807) is 11.8 Å². The van der Waals surface area contributed by atoms with Crippen LogP contribution in [0.4, 0.5) is 0 Å². The van der Waals surface area contributed by atoms with Crippen LogP contribution in [-0.4, -0.2) is 5.78 Å². The molecule has 0 unspecified atom stereocenters. The molecule has 1 aliphatic rings. The van der Waals surface area contributed by atoms with E-state index in [2.05, 4.69) is 38.1 Å². The van der Waals surface area contributed by atoms with E-state index in [1.807, 2.05) is 30.3 Å². The topological polar surface area (TPSA) is 17.1 Å². The fourth-order valence-electron chi connectivity index (χ4n) is 2.26. The minimum Gasteiger partial charge on any atom is -0.288 e. The summed E-state index contributed by atoms with van der Waals surface area (Å²) < 4.78 is 0. The van der Waals surface area contributed by atoms with Gasteiger partial charge in [0.05, 0.1) is 4.91 Å². The highest BCUT2D eigenvalue weighted by molar-refractivity contribution is 8.04. The number of benzene rings is 2. The summed E-state index contributed by atoms with van der Waals surface area (Å²) in [6, 6.07) is 16.2. The van der Waals surface area contributed by atoms with Crippen LogP contribution in [0.15, 0.2) is 58.3 Å². The molecule has 0 atom stereocenters.